The molecule has 0 radical (unpaired) electrons. The molecule has 1 N–H and O–H groups in total. The number of rotatable bonds is 5. The average molecular weight is 398 g/mol. The number of allylic oxidation sites excluding steroid dienone is 3. The summed E-state index contributed by atoms with van der Waals surface area (Å²) in [5.41, 5.74) is -0.278. The first kappa shape index (κ1) is 20.2. The normalized spacial score (nSPS) is 15.3. The number of ether oxygens (including phenoxy) is 2. The standard InChI is InChI=1S/C17H20ClN3O4S/c1-17(2,3)25-16(23)20-15-19-7-14(26-15)13(10-24-4)21-8-11(18)5-6-12(21)9-22/h5-8,13H,10H2,1-4H3,(H,19,20,23). The van der Waals surface area contributed by atoms with Crippen molar-refractivity contribution in [2.75, 3.05) is 19.0 Å². The molecule has 140 valence electrons. The summed E-state index contributed by atoms with van der Waals surface area (Å²) in [4.78, 5) is 29.8. The van der Waals surface area contributed by atoms with Crippen molar-refractivity contribution in [1.29, 1.82) is 0 Å². The van der Waals surface area contributed by atoms with Crippen LogP contribution in [-0.4, -0.2) is 41.2 Å². The summed E-state index contributed by atoms with van der Waals surface area (Å²) in [6, 6.07) is -0.346. The summed E-state index contributed by atoms with van der Waals surface area (Å²) in [6.07, 6.45) is 5.86. The fourth-order valence-electron chi connectivity index (χ4n) is 2.18. The molecular formula is C17H20ClN3O4S. The second-order valence-electron chi connectivity index (χ2n) is 6.41. The van der Waals surface area contributed by atoms with Gasteiger partial charge >= 0.3 is 6.09 Å². The molecule has 1 aliphatic rings. The van der Waals surface area contributed by atoms with Gasteiger partial charge < -0.3 is 14.4 Å². The van der Waals surface area contributed by atoms with Crippen molar-refractivity contribution in [2.45, 2.75) is 32.4 Å². The van der Waals surface area contributed by atoms with E-state index in [9.17, 15) is 9.59 Å². The van der Waals surface area contributed by atoms with Crippen LogP contribution in [0.1, 0.15) is 31.7 Å². The molecule has 1 aliphatic heterocycles. The molecule has 7 nitrogen and oxygen atoms in total. The first-order valence-corrected chi connectivity index (χ1v) is 8.96. The molecule has 1 aromatic heterocycles. The first-order chi connectivity index (χ1) is 12.2. The zero-order chi connectivity index (χ0) is 19.3. The van der Waals surface area contributed by atoms with Crippen LogP contribution in [0.4, 0.5) is 9.93 Å². The number of nitrogens with one attached hydrogen (secondary N) is 1. The molecule has 1 atom stereocenters. The summed E-state index contributed by atoms with van der Waals surface area (Å²) in [5.74, 6) is 1.89. The molecule has 1 amide bonds. The third-order valence-corrected chi connectivity index (χ3v) is 4.40. The fourth-order valence-corrected chi connectivity index (χ4v) is 3.24. The molecule has 1 unspecified atom stereocenters. The van der Waals surface area contributed by atoms with Gasteiger partial charge in [-0.1, -0.05) is 22.9 Å². The van der Waals surface area contributed by atoms with Gasteiger partial charge in [-0.2, -0.15) is 0 Å². The first-order valence-electron chi connectivity index (χ1n) is 7.77. The third-order valence-electron chi connectivity index (χ3n) is 3.17. The molecule has 0 saturated carbocycles. The van der Waals surface area contributed by atoms with Crippen LogP contribution in [0.2, 0.25) is 0 Å². The van der Waals surface area contributed by atoms with Crippen molar-refractivity contribution in [3.8, 4) is 0 Å². The van der Waals surface area contributed by atoms with Crippen molar-refractivity contribution in [2.24, 2.45) is 0 Å². The highest BCUT2D eigenvalue weighted by atomic mass is 35.5. The smallest absolute Gasteiger partial charge is 0.413 e. The average Bonchev–Trinajstić information content (AvgIpc) is 2.98. The number of carbonyl (C=O) groups excluding carboxylic acids is 2. The van der Waals surface area contributed by atoms with Gasteiger partial charge in [0.05, 0.1) is 22.6 Å². The molecule has 26 heavy (non-hydrogen) atoms. The van der Waals surface area contributed by atoms with Crippen molar-refractivity contribution in [3.63, 3.8) is 0 Å². The number of methoxy groups -OCH3 is 1. The number of aromatic nitrogens is 1. The summed E-state index contributed by atoms with van der Waals surface area (Å²) in [5, 5.41) is 3.46. The van der Waals surface area contributed by atoms with Crippen molar-refractivity contribution < 1.29 is 19.1 Å². The van der Waals surface area contributed by atoms with E-state index in [0.717, 1.165) is 4.88 Å². The fraction of sp³-hybridized carbons (Fsp3) is 0.412. The van der Waals surface area contributed by atoms with Crippen LogP contribution >= 0.6 is 22.9 Å². The number of amides is 1. The highest BCUT2D eigenvalue weighted by molar-refractivity contribution is 7.15. The Labute approximate surface area is 160 Å². The Morgan fingerprint density at radius 2 is 2.19 bits per heavy atom. The largest absolute Gasteiger partial charge is 0.444 e. The number of anilines is 1. The van der Waals surface area contributed by atoms with Gasteiger partial charge in [-0.25, -0.2) is 14.6 Å². The summed E-state index contributed by atoms with van der Waals surface area (Å²) in [7, 11) is 1.56. The van der Waals surface area contributed by atoms with Crippen LogP contribution in [0.25, 0.3) is 0 Å². The Morgan fingerprint density at radius 1 is 1.46 bits per heavy atom. The Balaban J connectivity index is 2.21. The van der Waals surface area contributed by atoms with Crippen molar-refractivity contribution in [1.82, 2.24) is 9.88 Å². The van der Waals surface area contributed by atoms with Gasteiger partial charge in [0, 0.05) is 19.5 Å². The number of thiazole rings is 1. The van der Waals surface area contributed by atoms with Crippen LogP contribution in [0.5, 0.6) is 0 Å². The Kier molecular flexibility index (Phi) is 6.61. The van der Waals surface area contributed by atoms with Gasteiger partial charge in [-0.05, 0) is 32.9 Å². The van der Waals surface area contributed by atoms with Gasteiger partial charge in [-0.3, -0.25) is 5.32 Å². The Bertz CT molecular complexity index is 775. The van der Waals surface area contributed by atoms with E-state index in [4.69, 9.17) is 21.1 Å². The number of carbonyl (C=O) groups is 1. The highest BCUT2D eigenvalue weighted by Gasteiger charge is 2.26. The Hall–Kier alpha value is -2.12. The summed E-state index contributed by atoms with van der Waals surface area (Å²) >= 11 is 7.32. The monoisotopic (exact) mass is 397 g/mol. The maximum atomic E-state index is 11.9. The van der Waals surface area contributed by atoms with Gasteiger partial charge in [0.1, 0.15) is 11.3 Å². The van der Waals surface area contributed by atoms with Crippen LogP contribution in [0.3, 0.4) is 0 Å². The lowest BCUT2D eigenvalue weighted by molar-refractivity contribution is 0.0636. The van der Waals surface area contributed by atoms with Gasteiger partial charge in [0.2, 0.25) is 0 Å². The van der Waals surface area contributed by atoms with E-state index >= 15 is 0 Å². The number of halogens is 1. The van der Waals surface area contributed by atoms with Gasteiger partial charge in [0.15, 0.2) is 11.1 Å². The molecule has 0 aliphatic carbocycles. The highest BCUT2D eigenvalue weighted by Crippen LogP contribution is 2.34. The quantitative estimate of drug-likeness (QED) is 0.760. The van der Waals surface area contributed by atoms with E-state index in [1.54, 1.807) is 57.3 Å². The van der Waals surface area contributed by atoms with Crippen LogP contribution < -0.4 is 5.32 Å². The van der Waals surface area contributed by atoms with E-state index in [0.29, 0.717) is 15.9 Å². The molecule has 0 saturated heterocycles. The van der Waals surface area contributed by atoms with E-state index in [1.807, 2.05) is 5.94 Å². The summed E-state index contributed by atoms with van der Waals surface area (Å²) < 4.78 is 10.5. The third kappa shape index (κ3) is 5.44. The minimum absolute atomic E-state index is 0.285. The molecule has 0 aromatic carbocycles. The van der Waals surface area contributed by atoms with Crippen LogP contribution in [-0.2, 0) is 14.3 Å². The zero-order valence-electron chi connectivity index (χ0n) is 14.9. The molecule has 0 bridgehead atoms. The summed E-state index contributed by atoms with van der Waals surface area (Å²) in [6.45, 7) is 5.62. The van der Waals surface area contributed by atoms with Crippen molar-refractivity contribution in [3.05, 3.63) is 40.2 Å². The van der Waals surface area contributed by atoms with E-state index in [-0.39, 0.29) is 12.6 Å². The lowest BCUT2D eigenvalue weighted by Gasteiger charge is -2.30. The maximum absolute atomic E-state index is 11.9. The Morgan fingerprint density at radius 3 is 2.81 bits per heavy atom. The van der Waals surface area contributed by atoms with E-state index in [2.05, 4.69) is 10.3 Å². The van der Waals surface area contributed by atoms with Gasteiger partial charge in [0.25, 0.3) is 0 Å². The minimum Gasteiger partial charge on any atom is -0.444 e. The van der Waals surface area contributed by atoms with Crippen molar-refractivity contribution >= 4 is 40.1 Å². The maximum Gasteiger partial charge on any atom is 0.413 e. The SMILES string of the molecule is COCC(c1cnc(NC(=O)OC(C)(C)C)s1)N1C=C(Cl)C=CC1=C=O. The number of hydrogen-bond acceptors (Lipinski definition) is 7. The van der Waals surface area contributed by atoms with Crippen LogP contribution in [0, 0.1) is 0 Å². The molecule has 1 aromatic rings. The molecule has 0 spiro atoms. The lowest BCUT2D eigenvalue weighted by atomic mass is 10.2. The molecule has 9 heteroatoms. The second-order valence-corrected chi connectivity index (χ2v) is 7.91. The minimum atomic E-state index is -0.603. The second kappa shape index (κ2) is 8.51. The molecular weight excluding hydrogens is 378 g/mol. The molecule has 2 rings (SSSR count). The topological polar surface area (TPSA) is 80.8 Å². The lowest BCUT2D eigenvalue weighted by Crippen LogP contribution is -2.27. The predicted octanol–water partition coefficient (Wildman–Crippen LogP) is 3.85. The zero-order valence-corrected chi connectivity index (χ0v) is 16.5. The molecule has 0 fully saturated rings. The predicted molar refractivity (Wildman–Crippen MR) is 101 cm³/mol. The van der Waals surface area contributed by atoms with E-state index < -0.39 is 11.7 Å². The van der Waals surface area contributed by atoms with Gasteiger partial charge in [-0.15, -0.1) is 0 Å². The molecule has 2 heterocycles. The number of hydrogen-bond donors (Lipinski definition) is 1. The van der Waals surface area contributed by atoms with Crippen LogP contribution in [0.15, 0.2) is 35.3 Å². The number of nitrogens with zero attached hydrogens (tertiary/aromatic N) is 2. The van der Waals surface area contributed by atoms with E-state index in [1.165, 1.54) is 11.3 Å².